The normalized spacial score (nSPS) is 18.8. The van der Waals surface area contributed by atoms with Crippen molar-refractivity contribution < 1.29 is 40.6 Å². The molecule has 2 heterocycles. The lowest BCUT2D eigenvalue weighted by molar-refractivity contribution is -0.212. The SMILES string of the molecule is Nc1cnc(-c2ccc(-c3ccccc3)c(S(=O)(=O)N3CC[C@H](O)C3OC(=O)C(F)(F)F)c2F)cn1. The summed E-state index contributed by atoms with van der Waals surface area (Å²) in [7, 11) is -4.98. The van der Waals surface area contributed by atoms with Gasteiger partial charge in [0, 0.05) is 17.7 Å². The number of carbonyl (C=O) groups excluding carboxylic acids is 1. The van der Waals surface area contributed by atoms with Crippen LogP contribution in [0.5, 0.6) is 0 Å². The molecule has 1 aliphatic heterocycles. The maximum Gasteiger partial charge on any atom is 0.490 e. The van der Waals surface area contributed by atoms with Crippen LogP contribution in [0.25, 0.3) is 22.4 Å². The van der Waals surface area contributed by atoms with Crippen LogP contribution in [0.3, 0.4) is 0 Å². The van der Waals surface area contributed by atoms with Gasteiger partial charge in [0.2, 0.25) is 10.0 Å². The second kappa shape index (κ2) is 9.44. The van der Waals surface area contributed by atoms with Crippen molar-refractivity contribution in [1.82, 2.24) is 14.3 Å². The fourth-order valence-electron chi connectivity index (χ4n) is 3.74. The quantitative estimate of drug-likeness (QED) is 0.383. The second-order valence-electron chi connectivity index (χ2n) is 7.76. The third-order valence-electron chi connectivity index (χ3n) is 5.41. The maximum atomic E-state index is 16.0. The second-order valence-corrected chi connectivity index (χ2v) is 9.59. The fraction of sp³-hybridized carbons (Fsp3) is 0.227. The minimum atomic E-state index is -5.44. The number of alkyl halides is 3. The first-order chi connectivity index (χ1) is 16.9. The number of hydrogen-bond acceptors (Lipinski definition) is 8. The molecule has 36 heavy (non-hydrogen) atoms. The fourth-order valence-corrected chi connectivity index (χ4v) is 5.58. The first kappa shape index (κ1) is 25.5. The zero-order valence-corrected chi connectivity index (χ0v) is 19.0. The van der Waals surface area contributed by atoms with Gasteiger partial charge >= 0.3 is 12.1 Å². The van der Waals surface area contributed by atoms with Gasteiger partial charge in [-0.2, -0.15) is 17.5 Å². The number of aromatic nitrogens is 2. The Morgan fingerprint density at radius 3 is 2.36 bits per heavy atom. The number of anilines is 1. The first-order valence-corrected chi connectivity index (χ1v) is 11.8. The van der Waals surface area contributed by atoms with Crippen LogP contribution in [0.15, 0.2) is 59.8 Å². The summed E-state index contributed by atoms with van der Waals surface area (Å²) in [5, 5.41) is 10.1. The topological polar surface area (TPSA) is 136 Å². The molecule has 4 rings (SSSR count). The standard InChI is InChI=1S/C22H18F4N4O5S/c23-18-14(15-10-29-17(27)11-28-15)7-6-13(12-4-2-1-3-5-12)19(18)36(33,34)30-9-8-16(31)20(30)35-21(32)22(24,25)26/h1-7,10-11,16,20,31H,8-9H2,(H2,27,29)/t16-,20?/m0/s1. The van der Waals surface area contributed by atoms with E-state index in [2.05, 4.69) is 14.7 Å². The number of carbonyl (C=O) groups is 1. The van der Waals surface area contributed by atoms with Crippen molar-refractivity contribution >= 4 is 21.8 Å². The summed E-state index contributed by atoms with van der Waals surface area (Å²) in [6.45, 7) is -0.529. The van der Waals surface area contributed by atoms with Crippen LogP contribution in [0.1, 0.15) is 6.42 Å². The van der Waals surface area contributed by atoms with Crippen molar-refractivity contribution in [1.29, 1.82) is 0 Å². The van der Waals surface area contributed by atoms with Gasteiger partial charge < -0.3 is 15.6 Å². The molecule has 3 aromatic rings. The van der Waals surface area contributed by atoms with E-state index in [1.54, 1.807) is 18.2 Å². The Labute approximate surface area is 202 Å². The predicted molar refractivity (Wildman–Crippen MR) is 118 cm³/mol. The number of aliphatic hydroxyl groups is 1. The van der Waals surface area contributed by atoms with Crippen molar-refractivity contribution in [2.45, 2.75) is 29.8 Å². The maximum absolute atomic E-state index is 16.0. The van der Waals surface area contributed by atoms with E-state index in [1.165, 1.54) is 24.3 Å². The van der Waals surface area contributed by atoms with Gasteiger partial charge in [-0.25, -0.2) is 22.6 Å². The molecule has 2 atom stereocenters. The number of benzene rings is 2. The van der Waals surface area contributed by atoms with E-state index >= 15 is 4.39 Å². The molecule has 1 fully saturated rings. The largest absolute Gasteiger partial charge is 0.490 e. The smallest absolute Gasteiger partial charge is 0.436 e. The highest BCUT2D eigenvalue weighted by Gasteiger charge is 2.50. The highest BCUT2D eigenvalue weighted by molar-refractivity contribution is 7.89. The Balaban J connectivity index is 1.89. The highest BCUT2D eigenvalue weighted by Crippen LogP contribution is 2.39. The van der Waals surface area contributed by atoms with Crippen LogP contribution >= 0.6 is 0 Å². The molecule has 14 heteroatoms. The van der Waals surface area contributed by atoms with Gasteiger partial charge in [0.15, 0.2) is 12.0 Å². The zero-order chi connectivity index (χ0) is 26.3. The minimum absolute atomic E-state index is 0.0354. The van der Waals surface area contributed by atoms with E-state index in [-0.39, 0.29) is 34.6 Å². The third kappa shape index (κ3) is 4.74. The van der Waals surface area contributed by atoms with E-state index in [1.807, 2.05) is 0 Å². The number of nitrogen functional groups attached to an aromatic ring is 1. The number of nitrogens with zero attached hydrogens (tertiary/aromatic N) is 3. The van der Waals surface area contributed by atoms with Crippen LogP contribution in [0.4, 0.5) is 23.4 Å². The van der Waals surface area contributed by atoms with Gasteiger partial charge in [-0.3, -0.25) is 4.98 Å². The number of hydrogen-bond donors (Lipinski definition) is 2. The molecule has 0 bridgehead atoms. The van der Waals surface area contributed by atoms with Gasteiger partial charge in [0.25, 0.3) is 0 Å². The first-order valence-electron chi connectivity index (χ1n) is 10.3. The number of aliphatic hydroxyl groups excluding tert-OH is 1. The van der Waals surface area contributed by atoms with Crippen LogP contribution < -0.4 is 5.73 Å². The molecule has 2 aromatic carbocycles. The van der Waals surface area contributed by atoms with E-state index in [4.69, 9.17) is 5.73 Å². The molecule has 1 aliphatic rings. The van der Waals surface area contributed by atoms with Crippen LogP contribution in [-0.4, -0.2) is 58.8 Å². The van der Waals surface area contributed by atoms with Gasteiger partial charge in [-0.1, -0.05) is 36.4 Å². The van der Waals surface area contributed by atoms with Crippen molar-refractivity contribution in [3.63, 3.8) is 0 Å². The molecule has 3 N–H and O–H groups in total. The Hall–Kier alpha value is -3.62. The van der Waals surface area contributed by atoms with Crippen LogP contribution in [0.2, 0.25) is 0 Å². The van der Waals surface area contributed by atoms with Crippen molar-refractivity contribution in [2.24, 2.45) is 0 Å². The Kier molecular flexibility index (Phi) is 6.68. The molecule has 0 radical (unpaired) electrons. The summed E-state index contributed by atoms with van der Waals surface area (Å²) < 4.78 is 86.4. The van der Waals surface area contributed by atoms with Crippen molar-refractivity contribution in [3.8, 4) is 22.4 Å². The summed E-state index contributed by atoms with van der Waals surface area (Å²) in [4.78, 5) is 18.3. The Bertz CT molecular complexity index is 1390. The van der Waals surface area contributed by atoms with E-state index in [9.17, 15) is 31.5 Å². The number of sulfonamides is 1. The summed E-state index contributed by atoms with van der Waals surface area (Å²) >= 11 is 0. The Morgan fingerprint density at radius 2 is 1.75 bits per heavy atom. The number of rotatable bonds is 5. The van der Waals surface area contributed by atoms with Crippen molar-refractivity contribution in [2.75, 3.05) is 12.3 Å². The van der Waals surface area contributed by atoms with E-state index < -0.39 is 51.8 Å². The molecule has 1 aromatic heterocycles. The molecule has 1 saturated heterocycles. The van der Waals surface area contributed by atoms with Gasteiger partial charge in [-0.15, -0.1) is 0 Å². The highest BCUT2D eigenvalue weighted by atomic mass is 32.2. The molecule has 1 unspecified atom stereocenters. The van der Waals surface area contributed by atoms with E-state index in [0.29, 0.717) is 4.31 Å². The summed E-state index contributed by atoms with van der Waals surface area (Å²) in [6, 6.07) is 10.4. The summed E-state index contributed by atoms with van der Waals surface area (Å²) in [6.07, 6.45) is -7.50. The number of nitrogens with two attached hydrogens (primary N) is 1. The van der Waals surface area contributed by atoms with Crippen LogP contribution in [-0.2, 0) is 19.6 Å². The average Bonchev–Trinajstić information content (AvgIpc) is 3.20. The predicted octanol–water partition coefficient (Wildman–Crippen LogP) is 2.72. The van der Waals surface area contributed by atoms with Gasteiger partial charge in [0.1, 0.15) is 16.8 Å². The molecular weight excluding hydrogens is 508 g/mol. The van der Waals surface area contributed by atoms with E-state index in [0.717, 1.165) is 12.4 Å². The molecule has 0 spiro atoms. The molecule has 0 saturated carbocycles. The molecule has 9 nitrogen and oxygen atoms in total. The Morgan fingerprint density at radius 1 is 1.08 bits per heavy atom. The van der Waals surface area contributed by atoms with Gasteiger partial charge in [0.05, 0.1) is 18.1 Å². The number of esters is 1. The zero-order valence-electron chi connectivity index (χ0n) is 18.2. The molecule has 0 aliphatic carbocycles. The number of halogens is 4. The van der Waals surface area contributed by atoms with Crippen molar-refractivity contribution in [3.05, 3.63) is 60.7 Å². The third-order valence-corrected chi connectivity index (χ3v) is 7.34. The monoisotopic (exact) mass is 526 g/mol. The molecule has 0 amide bonds. The summed E-state index contributed by atoms with van der Waals surface area (Å²) in [5.41, 5.74) is 5.36. The lowest BCUT2D eigenvalue weighted by Crippen LogP contribution is -2.45. The molecule has 190 valence electrons. The molecular formula is C22H18F4N4O5S. The van der Waals surface area contributed by atoms with Crippen LogP contribution in [0, 0.1) is 5.82 Å². The number of ether oxygens (including phenoxy) is 1. The minimum Gasteiger partial charge on any atom is -0.436 e. The lowest BCUT2D eigenvalue weighted by Gasteiger charge is -2.27. The lowest BCUT2D eigenvalue weighted by atomic mass is 10.0. The average molecular weight is 526 g/mol. The summed E-state index contributed by atoms with van der Waals surface area (Å²) in [5.74, 6) is -3.92. The van der Waals surface area contributed by atoms with Gasteiger partial charge in [-0.05, 0) is 18.1 Å².